The first-order valence-corrected chi connectivity index (χ1v) is 7.25. The molecule has 0 aliphatic carbocycles. The normalized spacial score (nSPS) is 10.9. The fraction of sp³-hybridized carbons (Fsp3) is 0.133. The highest BCUT2D eigenvalue weighted by Gasteiger charge is 2.14. The molecule has 20 heavy (non-hydrogen) atoms. The molecule has 0 spiro atoms. The average Bonchev–Trinajstić information content (AvgIpc) is 2.88. The van der Waals surface area contributed by atoms with E-state index in [0.29, 0.717) is 29.2 Å². The van der Waals surface area contributed by atoms with Crippen molar-refractivity contribution in [2.45, 2.75) is 0 Å². The Morgan fingerprint density at radius 3 is 2.85 bits per heavy atom. The topological polar surface area (TPSA) is 35.3 Å². The molecule has 0 fully saturated rings. The molecule has 0 unspecified atom stereocenters. The molecule has 1 heterocycles. The van der Waals surface area contributed by atoms with E-state index < -0.39 is 0 Å². The molecule has 102 valence electrons. The maximum Gasteiger partial charge on any atom is 0.171 e. The van der Waals surface area contributed by atoms with E-state index in [0.717, 1.165) is 10.7 Å². The van der Waals surface area contributed by atoms with Crippen LogP contribution in [0.15, 0.2) is 47.0 Å². The van der Waals surface area contributed by atoms with E-state index >= 15 is 0 Å². The van der Waals surface area contributed by atoms with Gasteiger partial charge in [0.05, 0.1) is 12.0 Å². The van der Waals surface area contributed by atoms with Gasteiger partial charge in [0, 0.05) is 17.0 Å². The number of alkyl halides is 1. The lowest BCUT2D eigenvalue weighted by molar-refractivity contribution is 0.344. The van der Waals surface area contributed by atoms with Crippen molar-refractivity contribution in [3.05, 3.63) is 48.3 Å². The first-order valence-electron chi connectivity index (χ1n) is 6.12. The molecule has 0 radical (unpaired) electrons. The SMILES string of the molecule is Fc1ccccc1-c1noc2cc(OCCBr)ccc12. The number of benzene rings is 2. The second kappa shape index (κ2) is 5.63. The molecule has 3 aromatic rings. The minimum atomic E-state index is -0.317. The van der Waals surface area contributed by atoms with Gasteiger partial charge in [-0.2, -0.15) is 0 Å². The summed E-state index contributed by atoms with van der Waals surface area (Å²) in [5, 5.41) is 5.48. The average molecular weight is 336 g/mol. The smallest absolute Gasteiger partial charge is 0.171 e. The Hall–Kier alpha value is -1.88. The lowest BCUT2D eigenvalue weighted by Gasteiger charge is -2.03. The minimum absolute atomic E-state index is 0.317. The molecule has 0 aliphatic rings. The fourth-order valence-corrected chi connectivity index (χ4v) is 2.17. The Balaban J connectivity index is 2.04. The zero-order chi connectivity index (χ0) is 13.9. The first kappa shape index (κ1) is 13.1. The summed E-state index contributed by atoms with van der Waals surface area (Å²) in [7, 11) is 0. The van der Waals surface area contributed by atoms with Crippen molar-refractivity contribution in [3.63, 3.8) is 0 Å². The molecule has 0 bridgehead atoms. The van der Waals surface area contributed by atoms with Crippen molar-refractivity contribution in [1.29, 1.82) is 0 Å². The molecule has 0 atom stereocenters. The summed E-state index contributed by atoms with van der Waals surface area (Å²) in [4.78, 5) is 0. The number of aromatic nitrogens is 1. The van der Waals surface area contributed by atoms with E-state index in [4.69, 9.17) is 9.26 Å². The highest BCUT2D eigenvalue weighted by atomic mass is 79.9. The van der Waals surface area contributed by atoms with E-state index in [1.54, 1.807) is 24.3 Å². The Morgan fingerprint density at radius 1 is 1.20 bits per heavy atom. The van der Waals surface area contributed by atoms with Crippen molar-refractivity contribution >= 4 is 26.9 Å². The summed E-state index contributed by atoms with van der Waals surface area (Å²) in [5.41, 5.74) is 1.51. The van der Waals surface area contributed by atoms with Crippen molar-refractivity contribution in [2.75, 3.05) is 11.9 Å². The molecule has 0 aliphatic heterocycles. The molecule has 0 saturated heterocycles. The molecule has 0 amide bonds. The van der Waals surface area contributed by atoms with Gasteiger partial charge < -0.3 is 9.26 Å². The van der Waals surface area contributed by atoms with Crippen LogP contribution >= 0.6 is 15.9 Å². The van der Waals surface area contributed by atoms with Crippen LogP contribution in [0.3, 0.4) is 0 Å². The lowest BCUT2D eigenvalue weighted by atomic mass is 10.1. The van der Waals surface area contributed by atoms with Gasteiger partial charge >= 0.3 is 0 Å². The second-order valence-corrected chi connectivity index (χ2v) is 5.00. The third-order valence-corrected chi connectivity index (χ3v) is 3.24. The maximum absolute atomic E-state index is 13.8. The second-order valence-electron chi connectivity index (χ2n) is 4.21. The zero-order valence-corrected chi connectivity index (χ0v) is 12.1. The van der Waals surface area contributed by atoms with Crippen LogP contribution in [-0.4, -0.2) is 17.1 Å². The predicted molar refractivity (Wildman–Crippen MR) is 78.7 cm³/mol. The van der Waals surface area contributed by atoms with E-state index in [-0.39, 0.29) is 5.82 Å². The number of nitrogens with zero attached hydrogens (tertiary/aromatic N) is 1. The molecule has 1 aromatic heterocycles. The summed E-state index contributed by atoms with van der Waals surface area (Å²) in [6.07, 6.45) is 0. The van der Waals surface area contributed by atoms with Gasteiger partial charge in [0.1, 0.15) is 17.3 Å². The van der Waals surface area contributed by atoms with Gasteiger partial charge in [-0.25, -0.2) is 4.39 Å². The summed E-state index contributed by atoms with van der Waals surface area (Å²) >= 11 is 3.30. The van der Waals surface area contributed by atoms with Crippen LogP contribution in [0.25, 0.3) is 22.2 Å². The zero-order valence-electron chi connectivity index (χ0n) is 10.5. The molecule has 0 N–H and O–H groups in total. The highest BCUT2D eigenvalue weighted by Crippen LogP contribution is 2.31. The lowest BCUT2D eigenvalue weighted by Crippen LogP contribution is -1.97. The summed E-state index contributed by atoms with van der Waals surface area (Å²) in [6.45, 7) is 0.569. The van der Waals surface area contributed by atoms with Crippen LogP contribution in [0.4, 0.5) is 4.39 Å². The highest BCUT2D eigenvalue weighted by molar-refractivity contribution is 9.09. The molecule has 5 heteroatoms. The monoisotopic (exact) mass is 335 g/mol. The largest absolute Gasteiger partial charge is 0.493 e. The van der Waals surface area contributed by atoms with Crippen LogP contribution in [-0.2, 0) is 0 Å². The van der Waals surface area contributed by atoms with E-state index in [1.807, 2.05) is 12.1 Å². The third kappa shape index (κ3) is 2.41. The van der Waals surface area contributed by atoms with E-state index in [2.05, 4.69) is 21.1 Å². The van der Waals surface area contributed by atoms with Gasteiger partial charge in [0.2, 0.25) is 0 Å². The van der Waals surface area contributed by atoms with Crippen molar-refractivity contribution < 1.29 is 13.7 Å². The van der Waals surface area contributed by atoms with Crippen LogP contribution in [0.2, 0.25) is 0 Å². The van der Waals surface area contributed by atoms with Gasteiger partial charge in [-0.05, 0) is 24.3 Å². The van der Waals surface area contributed by atoms with Gasteiger partial charge in [-0.15, -0.1) is 0 Å². The van der Waals surface area contributed by atoms with Crippen LogP contribution in [0.5, 0.6) is 5.75 Å². The number of hydrogen-bond acceptors (Lipinski definition) is 3. The Kier molecular flexibility index (Phi) is 3.69. The molecular formula is C15H11BrFNO2. The number of halogens is 2. The van der Waals surface area contributed by atoms with E-state index in [9.17, 15) is 4.39 Å². The Morgan fingerprint density at radius 2 is 2.05 bits per heavy atom. The molecule has 2 aromatic carbocycles. The molecule has 0 saturated carbocycles. The fourth-order valence-electron chi connectivity index (χ4n) is 2.01. The number of fused-ring (bicyclic) bond motifs is 1. The Bertz CT molecular complexity index is 742. The van der Waals surface area contributed by atoms with E-state index in [1.165, 1.54) is 6.07 Å². The van der Waals surface area contributed by atoms with Crippen molar-refractivity contribution in [1.82, 2.24) is 5.16 Å². The summed E-state index contributed by atoms with van der Waals surface area (Å²) in [6, 6.07) is 11.9. The van der Waals surface area contributed by atoms with Crippen LogP contribution in [0.1, 0.15) is 0 Å². The summed E-state index contributed by atoms with van der Waals surface area (Å²) < 4.78 is 24.6. The number of rotatable bonds is 4. The molecule has 3 nitrogen and oxygen atoms in total. The minimum Gasteiger partial charge on any atom is -0.493 e. The Labute approximate surface area is 123 Å². The molecule has 3 rings (SSSR count). The van der Waals surface area contributed by atoms with Crippen LogP contribution < -0.4 is 4.74 Å². The maximum atomic E-state index is 13.8. The summed E-state index contributed by atoms with van der Waals surface area (Å²) in [5.74, 6) is 0.385. The van der Waals surface area contributed by atoms with Gasteiger partial charge in [-0.1, -0.05) is 33.2 Å². The number of hydrogen-bond donors (Lipinski definition) is 0. The molecular weight excluding hydrogens is 325 g/mol. The van der Waals surface area contributed by atoms with Crippen LogP contribution in [0, 0.1) is 5.82 Å². The third-order valence-electron chi connectivity index (χ3n) is 2.92. The van der Waals surface area contributed by atoms with Gasteiger partial charge in [0.25, 0.3) is 0 Å². The van der Waals surface area contributed by atoms with Crippen molar-refractivity contribution in [2.24, 2.45) is 0 Å². The quantitative estimate of drug-likeness (QED) is 0.662. The van der Waals surface area contributed by atoms with Crippen molar-refractivity contribution in [3.8, 4) is 17.0 Å². The van der Waals surface area contributed by atoms with Gasteiger partial charge in [-0.3, -0.25) is 0 Å². The predicted octanol–water partition coefficient (Wildman–Crippen LogP) is 4.41. The standard InChI is InChI=1S/C15H11BrFNO2/c16-7-8-19-10-5-6-12-14(9-10)20-18-15(12)11-3-1-2-4-13(11)17/h1-6,9H,7-8H2. The number of ether oxygens (including phenoxy) is 1. The first-order chi connectivity index (χ1) is 9.79. The van der Waals surface area contributed by atoms with Gasteiger partial charge in [0.15, 0.2) is 5.58 Å².